The Morgan fingerprint density at radius 3 is 2.43 bits per heavy atom. The summed E-state index contributed by atoms with van der Waals surface area (Å²) in [6, 6.07) is 3.10. The number of hydrogen-bond acceptors (Lipinski definition) is 8. The molecule has 0 bridgehead atoms. The van der Waals surface area contributed by atoms with Gasteiger partial charge in [0.05, 0.1) is 5.56 Å². The second-order valence-electron chi connectivity index (χ2n) is 8.26. The summed E-state index contributed by atoms with van der Waals surface area (Å²) in [4.78, 5) is 39.1. The molecule has 0 heterocycles. The van der Waals surface area contributed by atoms with E-state index in [-0.39, 0.29) is 36.1 Å². The maximum atomic E-state index is 13.3. The summed E-state index contributed by atoms with van der Waals surface area (Å²) in [5, 5.41) is 43.0. The van der Waals surface area contributed by atoms with Crippen LogP contribution in [0.5, 0.6) is 5.75 Å². The summed E-state index contributed by atoms with van der Waals surface area (Å²) in [5.74, 6) is -6.25. The lowest BCUT2D eigenvalue weighted by atomic mass is 9.59. The van der Waals surface area contributed by atoms with E-state index >= 15 is 0 Å². The van der Waals surface area contributed by atoms with E-state index in [1.165, 1.54) is 6.07 Å². The number of phenolic OH excluding ortho intramolecular Hbond substituents is 1. The number of aliphatic hydroxyl groups excluding tert-OH is 2. The van der Waals surface area contributed by atoms with Crippen molar-refractivity contribution in [2.45, 2.75) is 24.9 Å². The highest BCUT2D eigenvalue weighted by atomic mass is 16.3. The maximum Gasteiger partial charge on any atom is 0.255 e. The average molecular weight is 414 g/mol. The van der Waals surface area contributed by atoms with Crippen molar-refractivity contribution in [3.05, 3.63) is 40.2 Å². The van der Waals surface area contributed by atoms with Gasteiger partial charge in [-0.15, -0.1) is 0 Å². The van der Waals surface area contributed by atoms with Gasteiger partial charge in [-0.05, 0) is 36.5 Å². The highest BCUT2D eigenvalue weighted by Gasteiger charge is 2.60. The molecule has 0 aliphatic heterocycles. The molecule has 9 nitrogen and oxygen atoms in total. The number of fused-ring (bicyclic) bond motifs is 3. The van der Waals surface area contributed by atoms with Crippen LogP contribution in [0.1, 0.15) is 24.0 Å². The smallest absolute Gasteiger partial charge is 0.255 e. The topological polar surface area (TPSA) is 161 Å². The quantitative estimate of drug-likeness (QED) is 0.437. The SMILES string of the molecule is CN(C)c1ccc(O)c2c1CC1C[C@H]3CC(=O)C(C(N)=O)=C(O)[C@@]3(O)C(=O)C1=C2O. The molecule has 1 unspecified atom stereocenters. The Balaban J connectivity index is 1.95. The van der Waals surface area contributed by atoms with Gasteiger partial charge in [0.15, 0.2) is 11.4 Å². The van der Waals surface area contributed by atoms with E-state index in [9.17, 15) is 34.8 Å². The van der Waals surface area contributed by atoms with Crippen LogP contribution in [0.4, 0.5) is 5.69 Å². The van der Waals surface area contributed by atoms with Crippen LogP contribution in [0.2, 0.25) is 0 Å². The third-order valence-corrected chi connectivity index (χ3v) is 6.40. The number of rotatable bonds is 2. The van der Waals surface area contributed by atoms with E-state index in [4.69, 9.17) is 5.73 Å². The van der Waals surface area contributed by atoms with Crippen LogP contribution < -0.4 is 10.6 Å². The number of carbonyl (C=O) groups excluding carboxylic acids is 3. The number of hydrogen-bond donors (Lipinski definition) is 5. The molecule has 4 rings (SSSR count). The monoisotopic (exact) mass is 414 g/mol. The third-order valence-electron chi connectivity index (χ3n) is 6.40. The molecule has 6 N–H and O–H groups in total. The standard InChI is InChI=1S/C21H22N2O7/c1-23(2)11-3-4-12(24)15-10(11)6-8-5-9-7-13(25)16(20(22)29)19(28)21(9,30)18(27)14(8)17(15)26/h3-4,8-9,24,26,28,30H,5-7H2,1-2H3,(H2,22,29)/t8?,9-,21-/m0/s1. The van der Waals surface area contributed by atoms with Crippen molar-refractivity contribution in [3.63, 3.8) is 0 Å². The van der Waals surface area contributed by atoms with E-state index in [2.05, 4.69) is 0 Å². The molecule has 158 valence electrons. The number of anilines is 1. The molecule has 30 heavy (non-hydrogen) atoms. The van der Waals surface area contributed by atoms with Crippen molar-refractivity contribution < 1.29 is 34.8 Å². The van der Waals surface area contributed by atoms with Crippen molar-refractivity contribution >= 4 is 28.9 Å². The fourth-order valence-corrected chi connectivity index (χ4v) is 5.02. The largest absolute Gasteiger partial charge is 0.508 e. The zero-order valence-electron chi connectivity index (χ0n) is 16.5. The summed E-state index contributed by atoms with van der Waals surface area (Å²) in [6.07, 6.45) is 0.0737. The molecule has 0 saturated heterocycles. The van der Waals surface area contributed by atoms with Crippen molar-refractivity contribution in [1.82, 2.24) is 0 Å². The molecule has 1 aromatic rings. The number of carbonyl (C=O) groups is 3. The summed E-state index contributed by atoms with van der Waals surface area (Å²) in [5.41, 5.74) is 3.17. The molecule has 0 aromatic heterocycles. The van der Waals surface area contributed by atoms with Crippen LogP contribution in [-0.4, -0.2) is 57.6 Å². The molecule has 3 atom stereocenters. The molecule has 1 amide bonds. The Hall–Kier alpha value is -3.33. The molecule has 0 radical (unpaired) electrons. The van der Waals surface area contributed by atoms with E-state index in [0.29, 0.717) is 5.56 Å². The van der Waals surface area contributed by atoms with E-state index < -0.39 is 52.0 Å². The summed E-state index contributed by atoms with van der Waals surface area (Å²) >= 11 is 0. The number of phenols is 1. The predicted octanol–water partition coefficient (Wildman–Crippen LogP) is 0.490. The second kappa shape index (κ2) is 6.33. The number of ketones is 2. The zero-order valence-corrected chi connectivity index (χ0v) is 16.5. The minimum Gasteiger partial charge on any atom is -0.508 e. The highest BCUT2D eigenvalue weighted by molar-refractivity contribution is 6.22. The number of aliphatic hydroxyl groups is 3. The lowest BCUT2D eigenvalue weighted by Crippen LogP contribution is -2.58. The zero-order chi connectivity index (χ0) is 22.1. The normalized spacial score (nSPS) is 28.1. The first-order valence-electron chi connectivity index (χ1n) is 9.49. The number of amides is 1. The van der Waals surface area contributed by atoms with E-state index in [1.54, 1.807) is 6.07 Å². The number of nitrogens with zero attached hydrogens (tertiary/aromatic N) is 1. The van der Waals surface area contributed by atoms with Crippen LogP contribution >= 0.6 is 0 Å². The number of primary amides is 1. The fraction of sp³-hybridized carbons (Fsp3) is 0.381. The molecule has 0 spiro atoms. The average Bonchev–Trinajstić information content (AvgIpc) is 2.64. The molecule has 1 fully saturated rings. The Bertz CT molecular complexity index is 1090. The number of benzene rings is 1. The van der Waals surface area contributed by atoms with Crippen LogP contribution in [-0.2, 0) is 20.8 Å². The van der Waals surface area contributed by atoms with Crippen molar-refractivity contribution in [3.8, 4) is 5.75 Å². The van der Waals surface area contributed by atoms with Crippen LogP contribution in [0.15, 0.2) is 29.0 Å². The third kappa shape index (κ3) is 2.41. The summed E-state index contributed by atoms with van der Waals surface area (Å²) in [6.45, 7) is 0. The number of aromatic hydroxyl groups is 1. The summed E-state index contributed by atoms with van der Waals surface area (Å²) in [7, 11) is 3.61. The number of Topliss-reactive ketones (excluding diaryl/α,β-unsaturated/α-hetero) is 2. The van der Waals surface area contributed by atoms with Gasteiger partial charge in [-0.2, -0.15) is 0 Å². The summed E-state index contributed by atoms with van der Waals surface area (Å²) < 4.78 is 0. The van der Waals surface area contributed by atoms with Gasteiger partial charge < -0.3 is 31.1 Å². The molecular weight excluding hydrogens is 392 g/mol. The van der Waals surface area contributed by atoms with Gasteiger partial charge in [-0.25, -0.2) is 0 Å². The molecular formula is C21H22N2O7. The predicted molar refractivity (Wildman–Crippen MR) is 106 cm³/mol. The Morgan fingerprint density at radius 2 is 1.83 bits per heavy atom. The van der Waals surface area contributed by atoms with Crippen LogP contribution in [0.25, 0.3) is 5.76 Å². The van der Waals surface area contributed by atoms with Gasteiger partial charge >= 0.3 is 0 Å². The van der Waals surface area contributed by atoms with Gasteiger partial charge in [0, 0.05) is 37.7 Å². The lowest BCUT2D eigenvalue weighted by Gasteiger charge is -2.46. The molecule has 1 saturated carbocycles. The minimum absolute atomic E-state index is 0.0910. The van der Waals surface area contributed by atoms with Crippen molar-refractivity contribution in [1.29, 1.82) is 0 Å². The van der Waals surface area contributed by atoms with Gasteiger partial charge in [-0.1, -0.05) is 0 Å². The number of nitrogens with two attached hydrogens (primary N) is 1. The molecule has 3 aliphatic carbocycles. The minimum atomic E-state index is -2.54. The van der Waals surface area contributed by atoms with Crippen LogP contribution in [0.3, 0.4) is 0 Å². The molecule has 3 aliphatic rings. The van der Waals surface area contributed by atoms with Gasteiger partial charge in [-0.3, -0.25) is 14.4 Å². The van der Waals surface area contributed by atoms with E-state index in [0.717, 1.165) is 5.69 Å². The second-order valence-corrected chi connectivity index (χ2v) is 8.26. The lowest BCUT2D eigenvalue weighted by molar-refractivity contribution is -0.147. The van der Waals surface area contributed by atoms with Crippen LogP contribution in [0, 0.1) is 11.8 Å². The first-order valence-corrected chi connectivity index (χ1v) is 9.49. The first-order chi connectivity index (χ1) is 14.0. The van der Waals surface area contributed by atoms with Gasteiger partial charge in [0.1, 0.15) is 22.8 Å². The molecule has 9 heteroatoms. The van der Waals surface area contributed by atoms with Gasteiger partial charge in [0.25, 0.3) is 5.91 Å². The van der Waals surface area contributed by atoms with Crippen molar-refractivity contribution in [2.24, 2.45) is 17.6 Å². The Kier molecular flexibility index (Phi) is 4.21. The van der Waals surface area contributed by atoms with E-state index in [1.807, 2.05) is 19.0 Å². The molecule has 1 aromatic carbocycles. The van der Waals surface area contributed by atoms with Crippen molar-refractivity contribution in [2.75, 3.05) is 19.0 Å². The first kappa shape index (κ1) is 20.0. The Labute approximate surface area is 171 Å². The Morgan fingerprint density at radius 1 is 1.17 bits per heavy atom. The van der Waals surface area contributed by atoms with Gasteiger partial charge in [0.2, 0.25) is 5.78 Å². The maximum absolute atomic E-state index is 13.3. The fourth-order valence-electron chi connectivity index (χ4n) is 5.02. The highest BCUT2D eigenvalue weighted by Crippen LogP contribution is 2.52.